The number of nitriles is 1. The van der Waals surface area contributed by atoms with Crippen LogP contribution >= 0.6 is 0 Å². The number of nitrogens with zero attached hydrogens (tertiary/aromatic N) is 2. The van der Waals surface area contributed by atoms with Crippen molar-refractivity contribution in [2.75, 3.05) is 11.4 Å². The largest absolute Gasteiger partial charge is 0.365 e. The molecule has 2 N–H and O–H groups in total. The number of nitrogens with two attached hydrogens (primary N) is 1. The van der Waals surface area contributed by atoms with E-state index in [1.165, 1.54) is 11.8 Å². The van der Waals surface area contributed by atoms with Crippen molar-refractivity contribution in [2.45, 2.75) is 6.42 Å². The molecule has 2 rings (SSSR count). The average Bonchev–Trinajstić information content (AvgIpc) is 2.69. The van der Waals surface area contributed by atoms with Gasteiger partial charge in [0.15, 0.2) is 0 Å². The second-order valence-corrected chi connectivity index (χ2v) is 3.59. The van der Waals surface area contributed by atoms with Crippen LogP contribution in [0.5, 0.6) is 0 Å². The normalized spacial score (nSPS) is 14.4. The van der Waals surface area contributed by atoms with Gasteiger partial charge < -0.3 is 10.6 Å². The van der Waals surface area contributed by atoms with Crippen molar-refractivity contribution in [1.29, 1.82) is 5.26 Å². The summed E-state index contributed by atoms with van der Waals surface area (Å²) < 4.78 is 0. The number of benzene rings is 1. The molecule has 0 spiro atoms. The number of amides is 1. The van der Waals surface area contributed by atoms with Crippen LogP contribution in [-0.4, -0.2) is 12.5 Å². The number of anilines is 1. The van der Waals surface area contributed by atoms with Crippen molar-refractivity contribution in [3.05, 3.63) is 41.6 Å². The van der Waals surface area contributed by atoms with E-state index in [4.69, 9.17) is 11.0 Å². The molecular weight excluding hydrogens is 202 g/mol. The zero-order valence-electron chi connectivity index (χ0n) is 8.68. The van der Waals surface area contributed by atoms with Crippen molar-refractivity contribution in [2.24, 2.45) is 5.73 Å². The maximum absolute atomic E-state index is 10.9. The summed E-state index contributed by atoms with van der Waals surface area (Å²) in [6.07, 6.45) is 2.44. The molecule has 1 aromatic rings. The lowest BCUT2D eigenvalue weighted by atomic mass is 10.2. The molecule has 1 heterocycles. The van der Waals surface area contributed by atoms with Gasteiger partial charge in [0.1, 0.15) is 11.6 Å². The van der Waals surface area contributed by atoms with Crippen LogP contribution in [0, 0.1) is 11.3 Å². The fourth-order valence-corrected chi connectivity index (χ4v) is 1.80. The average molecular weight is 213 g/mol. The van der Waals surface area contributed by atoms with E-state index in [9.17, 15) is 4.79 Å². The van der Waals surface area contributed by atoms with E-state index in [1.807, 2.05) is 29.2 Å². The van der Waals surface area contributed by atoms with Gasteiger partial charge >= 0.3 is 0 Å². The Labute approximate surface area is 93.6 Å². The number of para-hydroxylation sites is 1. The third-order valence-electron chi connectivity index (χ3n) is 2.59. The van der Waals surface area contributed by atoms with Gasteiger partial charge in [-0.05, 0) is 18.1 Å². The highest BCUT2D eigenvalue weighted by atomic mass is 16.1. The maximum atomic E-state index is 10.9. The molecule has 0 bridgehead atoms. The number of fused-ring (bicyclic) bond motifs is 1. The SMILES string of the molecule is N#CC(=CN1CCc2ccccc21)C(N)=O. The standard InChI is InChI=1S/C12H11N3O/c13-7-10(12(14)16)8-15-6-5-9-3-1-2-4-11(9)15/h1-4,8H,5-6H2,(H2,14,16). The van der Waals surface area contributed by atoms with E-state index in [-0.39, 0.29) is 5.57 Å². The molecule has 16 heavy (non-hydrogen) atoms. The van der Waals surface area contributed by atoms with E-state index in [1.54, 1.807) is 6.07 Å². The van der Waals surface area contributed by atoms with Gasteiger partial charge in [0.05, 0.1) is 0 Å². The topological polar surface area (TPSA) is 70.1 Å². The van der Waals surface area contributed by atoms with Crippen LogP contribution in [0.25, 0.3) is 0 Å². The molecule has 1 aliphatic heterocycles. The van der Waals surface area contributed by atoms with E-state index >= 15 is 0 Å². The summed E-state index contributed by atoms with van der Waals surface area (Å²) in [5.41, 5.74) is 7.33. The molecule has 4 heteroatoms. The van der Waals surface area contributed by atoms with Crippen LogP contribution in [0.4, 0.5) is 5.69 Å². The Kier molecular flexibility index (Phi) is 2.61. The van der Waals surface area contributed by atoms with Crippen LogP contribution < -0.4 is 10.6 Å². The van der Waals surface area contributed by atoms with Gasteiger partial charge in [-0.3, -0.25) is 4.79 Å². The molecule has 0 saturated carbocycles. The van der Waals surface area contributed by atoms with Crippen LogP contribution in [0.1, 0.15) is 5.56 Å². The van der Waals surface area contributed by atoms with Gasteiger partial charge in [0.2, 0.25) is 0 Å². The number of primary amides is 1. The van der Waals surface area contributed by atoms with E-state index in [0.717, 1.165) is 18.7 Å². The summed E-state index contributed by atoms with van der Waals surface area (Å²) in [7, 11) is 0. The molecule has 1 amide bonds. The summed E-state index contributed by atoms with van der Waals surface area (Å²) in [5.74, 6) is -0.688. The van der Waals surface area contributed by atoms with Crippen LogP contribution in [-0.2, 0) is 11.2 Å². The highest BCUT2D eigenvalue weighted by Crippen LogP contribution is 2.27. The van der Waals surface area contributed by atoms with Crippen molar-refractivity contribution >= 4 is 11.6 Å². The quantitative estimate of drug-likeness (QED) is 0.587. The van der Waals surface area contributed by atoms with Gasteiger partial charge in [-0.25, -0.2) is 0 Å². The zero-order valence-corrected chi connectivity index (χ0v) is 8.68. The molecule has 0 aliphatic carbocycles. The Morgan fingerprint density at radius 1 is 1.50 bits per heavy atom. The van der Waals surface area contributed by atoms with Crippen LogP contribution in [0.3, 0.4) is 0 Å². The number of rotatable bonds is 2. The van der Waals surface area contributed by atoms with Crippen molar-refractivity contribution in [1.82, 2.24) is 0 Å². The lowest BCUT2D eigenvalue weighted by Gasteiger charge is -2.13. The first-order valence-electron chi connectivity index (χ1n) is 4.98. The Bertz CT molecular complexity index is 499. The molecular formula is C12H11N3O. The predicted molar refractivity (Wildman–Crippen MR) is 60.4 cm³/mol. The molecule has 4 nitrogen and oxygen atoms in total. The first-order chi connectivity index (χ1) is 7.72. The molecule has 0 fully saturated rings. The summed E-state index contributed by atoms with van der Waals surface area (Å²) in [6.45, 7) is 0.776. The highest BCUT2D eigenvalue weighted by molar-refractivity contribution is 5.96. The number of hydrogen-bond acceptors (Lipinski definition) is 3. The summed E-state index contributed by atoms with van der Waals surface area (Å²) in [5, 5.41) is 8.76. The Balaban J connectivity index is 2.33. The minimum atomic E-state index is -0.688. The second-order valence-electron chi connectivity index (χ2n) is 3.59. The zero-order chi connectivity index (χ0) is 11.5. The third-order valence-corrected chi connectivity index (χ3v) is 2.59. The molecule has 0 atom stereocenters. The van der Waals surface area contributed by atoms with Crippen molar-refractivity contribution < 1.29 is 4.79 Å². The lowest BCUT2D eigenvalue weighted by molar-refractivity contribution is -0.114. The lowest BCUT2D eigenvalue weighted by Crippen LogP contribution is -2.19. The first kappa shape index (κ1) is 10.2. The fourth-order valence-electron chi connectivity index (χ4n) is 1.80. The van der Waals surface area contributed by atoms with E-state index in [0.29, 0.717) is 0 Å². The van der Waals surface area contributed by atoms with Crippen LogP contribution in [0.2, 0.25) is 0 Å². The van der Waals surface area contributed by atoms with Crippen molar-refractivity contribution in [3.8, 4) is 6.07 Å². The van der Waals surface area contributed by atoms with E-state index < -0.39 is 5.91 Å². The van der Waals surface area contributed by atoms with E-state index in [2.05, 4.69) is 0 Å². The summed E-state index contributed by atoms with van der Waals surface area (Å²) in [4.78, 5) is 12.8. The molecule has 0 aromatic heterocycles. The molecule has 1 aliphatic rings. The third kappa shape index (κ3) is 1.75. The van der Waals surface area contributed by atoms with Gasteiger partial charge in [0, 0.05) is 18.4 Å². The fraction of sp³-hybridized carbons (Fsp3) is 0.167. The number of carbonyl (C=O) groups is 1. The smallest absolute Gasteiger partial charge is 0.260 e. The first-order valence-corrected chi connectivity index (χ1v) is 4.98. The monoisotopic (exact) mass is 213 g/mol. The molecule has 0 radical (unpaired) electrons. The maximum Gasteiger partial charge on any atom is 0.260 e. The van der Waals surface area contributed by atoms with Crippen LogP contribution in [0.15, 0.2) is 36.0 Å². The number of carbonyl (C=O) groups excluding carboxylic acids is 1. The minimum Gasteiger partial charge on any atom is -0.365 e. The van der Waals surface area contributed by atoms with Gasteiger partial charge in [-0.1, -0.05) is 18.2 Å². The van der Waals surface area contributed by atoms with Gasteiger partial charge in [-0.2, -0.15) is 5.26 Å². The minimum absolute atomic E-state index is 0.0169. The molecule has 80 valence electrons. The second kappa shape index (κ2) is 4.07. The summed E-state index contributed by atoms with van der Waals surface area (Å²) in [6, 6.07) is 9.72. The Morgan fingerprint density at radius 2 is 2.25 bits per heavy atom. The number of hydrogen-bond donors (Lipinski definition) is 1. The summed E-state index contributed by atoms with van der Waals surface area (Å²) >= 11 is 0. The molecule has 0 unspecified atom stereocenters. The Hall–Kier alpha value is -2.28. The highest BCUT2D eigenvalue weighted by Gasteiger charge is 2.17. The Morgan fingerprint density at radius 3 is 2.94 bits per heavy atom. The molecule has 0 saturated heterocycles. The van der Waals surface area contributed by atoms with Gasteiger partial charge in [0.25, 0.3) is 5.91 Å². The van der Waals surface area contributed by atoms with Crippen molar-refractivity contribution in [3.63, 3.8) is 0 Å². The molecule has 1 aromatic carbocycles. The predicted octanol–water partition coefficient (Wildman–Crippen LogP) is 0.942. The van der Waals surface area contributed by atoms with Gasteiger partial charge in [-0.15, -0.1) is 0 Å².